The van der Waals surface area contributed by atoms with Gasteiger partial charge in [0.15, 0.2) is 0 Å². The van der Waals surface area contributed by atoms with Gasteiger partial charge in [-0.1, -0.05) is 24.3 Å². The molecular formula is C22H18N4. The van der Waals surface area contributed by atoms with E-state index in [1.165, 1.54) is 0 Å². The van der Waals surface area contributed by atoms with E-state index in [2.05, 4.69) is 22.1 Å². The number of hydrogen-bond acceptors (Lipinski definition) is 4. The van der Waals surface area contributed by atoms with E-state index in [-0.39, 0.29) is 0 Å². The van der Waals surface area contributed by atoms with Gasteiger partial charge in [-0.2, -0.15) is 0 Å². The van der Waals surface area contributed by atoms with E-state index >= 15 is 0 Å². The summed E-state index contributed by atoms with van der Waals surface area (Å²) >= 11 is 0. The topological polar surface area (TPSA) is 51.6 Å². The number of aryl methyl sites for hydroxylation is 2. The molecule has 4 aromatic rings. The Bertz CT molecular complexity index is 902. The van der Waals surface area contributed by atoms with Crippen molar-refractivity contribution in [2.24, 2.45) is 0 Å². The van der Waals surface area contributed by atoms with Gasteiger partial charge in [0.2, 0.25) is 0 Å². The third-order valence-electron chi connectivity index (χ3n) is 4.11. The fraction of sp³-hybridized carbons (Fsp3) is 0.0909. The van der Waals surface area contributed by atoms with E-state index < -0.39 is 0 Å². The average Bonchev–Trinajstić information content (AvgIpc) is 2.74. The van der Waals surface area contributed by atoms with Crippen molar-refractivity contribution in [2.45, 2.75) is 12.8 Å². The fourth-order valence-corrected chi connectivity index (χ4v) is 2.81. The molecule has 4 nitrogen and oxygen atoms in total. The second kappa shape index (κ2) is 7.66. The van der Waals surface area contributed by atoms with E-state index in [4.69, 9.17) is 9.97 Å². The minimum atomic E-state index is 0.833. The molecule has 0 amide bonds. The lowest BCUT2D eigenvalue weighted by atomic mass is 10.1. The molecule has 126 valence electrons. The minimum Gasteiger partial charge on any atom is -0.255 e. The van der Waals surface area contributed by atoms with Crippen molar-refractivity contribution >= 4 is 0 Å². The normalized spacial score (nSPS) is 10.6. The Labute approximate surface area is 152 Å². The molecule has 0 unspecified atom stereocenters. The molecule has 4 rings (SSSR count). The van der Waals surface area contributed by atoms with Crippen molar-refractivity contribution in [3.8, 4) is 22.8 Å². The molecule has 4 heteroatoms. The summed E-state index contributed by atoms with van der Waals surface area (Å²) in [6.07, 6.45) is 5.24. The molecule has 0 saturated heterocycles. The molecule has 0 atom stereocenters. The van der Waals surface area contributed by atoms with Crippen molar-refractivity contribution in [1.29, 1.82) is 0 Å². The van der Waals surface area contributed by atoms with Crippen LogP contribution in [0.25, 0.3) is 22.8 Å². The van der Waals surface area contributed by atoms with Gasteiger partial charge >= 0.3 is 0 Å². The smallest absolute Gasteiger partial charge is 0.0889 e. The Morgan fingerprint density at radius 1 is 0.462 bits per heavy atom. The van der Waals surface area contributed by atoms with Gasteiger partial charge in [0.1, 0.15) is 0 Å². The lowest BCUT2D eigenvalue weighted by Gasteiger charge is -2.06. The molecule has 4 aromatic heterocycles. The Morgan fingerprint density at radius 2 is 0.923 bits per heavy atom. The van der Waals surface area contributed by atoms with Gasteiger partial charge in [0.05, 0.1) is 22.8 Å². The Hall–Kier alpha value is -3.40. The van der Waals surface area contributed by atoms with Crippen LogP contribution in [0.2, 0.25) is 0 Å². The van der Waals surface area contributed by atoms with Crippen LogP contribution in [0.5, 0.6) is 0 Å². The highest BCUT2D eigenvalue weighted by Crippen LogP contribution is 2.16. The van der Waals surface area contributed by atoms with Crippen molar-refractivity contribution in [1.82, 2.24) is 19.9 Å². The van der Waals surface area contributed by atoms with Gasteiger partial charge in [-0.15, -0.1) is 0 Å². The molecule has 26 heavy (non-hydrogen) atoms. The van der Waals surface area contributed by atoms with Crippen LogP contribution in [0.15, 0.2) is 85.2 Å². The molecule has 0 spiro atoms. The van der Waals surface area contributed by atoms with Crippen LogP contribution in [0.1, 0.15) is 11.4 Å². The number of hydrogen-bond donors (Lipinski definition) is 0. The average molecular weight is 338 g/mol. The van der Waals surface area contributed by atoms with Gasteiger partial charge in [-0.25, -0.2) is 0 Å². The van der Waals surface area contributed by atoms with E-state index in [0.717, 1.165) is 47.0 Å². The number of aromatic nitrogens is 4. The molecular weight excluding hydrogens is 320 g/mol. The van der Waals surface area contributed by atoms with Gasteiger partial charge in [0, 0.05) is 23.8 Å². The largest absolute Gasteiger partial charge is 0.255 e. The Balaban J connectivity index is 1.50. The predicted octanol–water partition coefficient (Wildman–Crippen LogP) is 4.39. The maximum Gasteiger partial charge on any atom is 0.0889 e. The lowest BCUT2D eigenvalue weighted by molar-refractivity contribution is 0.881. The molecule has 0 bridgehead atoms. The summed E-state index contributed by atoms with van der Waals surface area (Å²) in [5.41, 5.74) is 5.67. The van der Waals surface area contributed by atoms with Crippen LogP contribution in [0.3, 0.4) is 0 Å². The third-order valence-corrected chi connectivity index (χ3v) is 4.11. The van der Waals surface area contributed by atoms with E-state index in [1.807, 2.05) is 60.7 Å². The SMILES string of the molecule is c1ccc(-c2cccc(CCc3cccc(-c4ccccn4)n3)n2)nc1. The standard InChI is InChI=1S/C22H18N4/c1-3-15-23-19(9-1)21-11-5-7-17(25-21)13-14-18-8-6-12-22(26-18)20-10-2-4-16-24-20/h1-12,15-16H,13-14H2. The van der Waals surface area contributed by atoms with Gasteiger partial charge < -0.3 is 0 Å². The highest BCUT2D eigenvalue weighted by molar-refractivity contribution is 5.54. The van der Waals surface area contributed by atoms with Gasteiger partial charge in [-0.3, -0.25) is 19.9 Å². The Kier molecular flexibility index (Phi) is 4.74. The summed E-state index contributed by atoms with van der Waals surface area (Å²) in [6, 6.07) is 23.9. The Morgan fingerprint density at radius 3 is 1.35 bits per heavy atom. The number of rotatable bonds is 5. The molecule has 0 saturated carbocycles. The van der Waals surface area contributed by atoms with Crippen LogP contribution in [-0.4, -0.2) is 19.9 Å². The molecule has 0 fully saturated rings. The van der Waals surface area contributed by atoms with Gasteiger partial charge in [-0.05, 0) is 61.4 Å². The zero-order chi connectivity index (χ0) is 17.6. The van der Waals surface area contributed by atoms with E-state index in [0.29, 0.717) is 0 Å². The molecule has 0 radical (unpaired) electrons. The lowest BCUT2D eigenvalue weighted by Crippen LogP contribution is -1.99. The second-order valence-corrected chi connectivity index (χ2v) is 5.96. The first-order valence-electron chi connectivity index (χ1n) is 8.63. The quantitative estimate of drug-likeness (QED) is 0.542. The summed E-state index contributed by atoms with van der Waals surface area (Å²) in [6.45, 7) is 0. The molecule has 0 aromatic carbocycles. The second-order valence-electron chi connectivity index (χ2n) is 5.96. The highest BCUT2D eigenvalue weighted by Gasteiger charge is 2.05. The van der Waals surface area contributed by atoms with Crippen molar-refractivity contribution < 1.29 is 0 Å². The fourth-order valence-electron chi connectivity index (χ4n) is 2.81. The van der Waals surface area contributed by atoms with Gasteiger partial charge in [0.25, 0.3) is 0 Å². The third kappa shape index (κ3) is 3.81. The summed E-state index contributed by atoms with van der Waals surface area (Å²) in [4.78, 5) is 18.2. The maximum atomic E-state index is 4.74. The number of nitrogens with zero attached hydrogens (tertiary/aromatic N) is 4. The molecule has 0 N–H and O–H groups in total. The van der Waals surface area contributed by atoms with Crippen molar-refractivity contribution in [2.75, 3.05) is 0 Å². The first-order chi connectivity index (χ1) is 12.9. The van der Waals surface area contributed by atoms with Crippen LogP contribution >= 0.6 is 0 Å². The number of pyridine rings is 4. The predicted molar refractivity (Wildman–Crippen MR) is 102 cm³/mol. The monoisotopic (exact) mass is 338 g/mol. The zero-order valence-corrected chi connectivity index (χ0v) is 14.3. The van der Waals surface area contributed by atoms with Crippen LogP contribution < -0.4 is 0 Å². The summed E-state index contributed by atoms with van der Waals surface area (Å²) < 4.78 is 0. The summed E-state index contributed by atoms with van der Waals surface area (Å²) in [5.74, 6) is 0. The zero-order valence-electron chi connectivity index (χ0n) is 14.3. The highest BCUT2D eigenvalue weighted by atomic mass is 14.8. The minimum absolute atomic E-state index is 0.833. The van der Waals surface area contributed by atoms with Crippen LogP contribution in [0.4, 0.5) is 0 Å². The maximum absolute atomic E-state index is 4.74. The molecule has 0 aliphatic heterocycles. The van der Waals surface area contributed by atoms with Crippen LogP contribution in [-0.2, 0) is 12.8 Å². The van der Waals surface area contributed by atoms with E-state index in [9.17, 15) is 0 Å². The summed E-state index contributed by atoms with van der Waals surface area (Å²) in [7, 11) is 0. The first kappa shape index (κ1) is 16.1. The first-order valence-corrected chi connectivity index (χ1v) is 8.63. The van der Waals surface area contributed by atoms with E-state index in [1.54, 1.807) is 12.4 Å². The van der Waals surface area contributed by atoms with Crippen LogP contribution in [0, 0.1) is 0 Å². The molecule has 4 heterocycles. The van der Waals surface area contributed by atoms with Crippen molar-refractivity contribution in [3.63, 3.8) is 0 Å². The molecule has 0 aliphatic rings. The van der Waals surface area contributed by atoms with Crippen molar-refractivity contribution in [3.05, 3.63) is 96.6 Å². The summed E-state index contributed by atoms with van der Waals surface area (Å²) in [5, 5.41) is 0. The molecule has 0 aliphatic carbocycles.